The molecule has 0 saturated heterocycles. The number of hydrogen-bond donors (Lipinski definition) is 1. The Morgan fingerprint density at radius 1 is 1.20 bits per heavy atom. The van der Waals surface area contributed by atoms with E-state index in [0.29, 0.717) is 0 Å². The fourth-order valence-corrected chi connectivity index (χ4v) is 2.98. The third-order valence-corrected chi connectivity index (χ3v) is 4.23. The van der Waals surface area contributed by atoms with E-state index < -0.39 is 0 Å². The number of aromatic nitrogens is 1. The molecular formula is C16H22N2OS. The first-order chi connectivity index (χ1) is 9.47. The van der Waals surface area contributed by atoms with Crippen LogP contribution in [0.1, 0.15) is 42.9 Å². The Morgan fingerprint density at radius 2 is 1.95 bits per heavy atom. The van der Waals surface area contributed by atoms with Crippen LogP contribution in [0.4, 0.5) is 5.69 Å². The van der Waals surface area contributed by atoms with Gasteiger partial charge in [0.25, 0.3) is 0 Å². The largest absolute Gasteiger partial charge is 0.491 e. The van der Waals surface area contributed by atoms with Crippen molar-refractivity contribution in [2.24, 2.45) is 0 Å². The Hall–Kier alpha value is -1.55. The zero-order valence-corrected chi connectivity index (χ0v) is 13.5. The summed E-state index contributed by atoms with van der Waals surface area (Å²) in [5.74, 6) is 0.921. The Labute approximate surface area is 125 Å². The summed E-state index contributed by atoms with van der Waals surface area (Å²) in [5.41, 5.74) is 5.33. The van der Waals surface area contributed by atoms with Gasteiger partial charge in [0.2, 0.25) is 0 Å². The maximum Gasteiger partial charge on any atom is 0.120 e. The molecule has 20 heavy (non-hydrogen) atoms. The van der Waals surface area contributed by atoms with Crippen LogP contribution in [0.25, 0.3) is 0 Å². The summed E-state index contributed by atoms with van der Waals surface area (Å²) < 4.78 is 5.71. The van der Waals surface area contributed by atoms with Crippen molar-refractivity contribution in [2.45, 2.75) is 46.8 Å². The summed E-state index contributed by atoms with van der Waals surface area (Å²) >= 11 is 1.70. The van der Waals surface area contributed by atoms with Gasteiger partial charge in [0.15, 0.2) is 0 Å². The summed E-state index contributed by atoms with van der Waals surface area (Å²) in [6, 6.07) is 6.44. The number of ether oxygens (including phenoxy) is 1. The molecule has 1 heterocycles. The maximum absolute atomic E-state index is 5.71. The van der Waals surface area contributed by atoms with E-state index in [1.165, 1.54) is 10.4 Å². The molecule has 0 amide bonds. The van der Waals surface area contributed by atoms with Crippen molar-refractivity contribution in [2.75, 3.05) is 5.32 Å². The Morgan fingerprint density at radius 3 is 2.50 bits per heavy atom. The monoisotopic (exact) mass is 290 g/mol. The van der Waals surface area contributed by atoms with E-state index in [1.54, 1.807) is 11.3 Å². The predicted octanol–water partition coefficient (Wildman–Crippen LogP) is 4.72. The molecule has 0 aliphatic rings. The van der Waals surface area contributed by atoms with Crippen LogP contribution < -0.4 is 10.1 Å². The third-order valence-electron chi connectivity index (χ3n) is 3.12. The van der Waals surface area contributed by atoms with Crippen molar-refractivity contribution >= 4 is 17.0 Å². The highest BCUT2D eigenvalue weighted by atomic mass is 32.1. The van der Waals surface area contributed by atoms with Gasteiger partial charge in [0.05, 0.1) is 23.4 Å². The minimum absolute atomic E-state index is 0.201. The lowest BCUT2D eigenvalue weighted by Crippen LogP contribution is -2.09. The molecule has 1 atom stereocenters. The second-order valence-electron chi connectivity index (χ2n) is 5.31. The smallest absolute Gasteiger partial charge is 0.120 e. The molecule has 108 valence electrons. The Kier molecular flexibility index (Phi) is 4.65. The van der Waals surface area contributed by atoms with Crippen LogP contribution in [0.15, 0.2) is 23.7 Å². The quantitative estimate of drug-likeness (QED) is 0.865. The minimum atomic E-state index is 0.201. The average molecular weight is 290 g/mol. The molecule has 1 aromatic heterocycles. The normalized spacial score (nSPS) is 12.5. The van der Waals surface area contributed by atoms with E-state index in [4.69, 9.17) is 4.74 Å². The van der Waals surface area contributed by atoms with E-state index in [1.807, 2.05) is 25.4 Å². The third kappa shape index (κ3) is 3.51. The van der Waals surface area contributed by atoms with Gasteiger partial charge < -0.3 is 10.1 Å². The summed E-state index contributed by atoms with van der Waals surface area (Å²) in [5, 5.41) is 3.55. The number of thiazole rings is 1. The van der Waals surface area contributed by atoms with Crippen molar-refractivity contribution in [3.05, 3.63) is 39.8 Å². The highest BCUT2D eigenvalue weighted by molar-refractivity contribution is 7.09. The number of rotatable bonds is 5. The molecule has 1 N–H and O–H groups in total. The molecular weight excluding hydrogens is 268 g/mol. The minimum Gasteiger partial charge on any atom is -0.491 e. The van der Waals surface area contributed by atoms with Gasteiger partial charge in [-0.3, -0.25) is 0 Å². The van der Waals surface area contributed by atoms with Crippen LogP contribution in [0, 0.1) is 13.8 Å². The predicted molar refractivity (Wildman–Crippen MR) is 85.8 cm³/mol. The summed E-state index contributed by atoms with van der Waals surface area (Å²) in [7, 11) is 0. The topological polar surface area (TPSA) is 34.1 Å². The van der Waals surface area contributed by atoms with Gasteiger partial charge in [0.1, 0.15) is 5.75 Å². The molecule has 0 saturated carbocycles. The molecule has 0 spiro atoms. The molecule has 0 bridgehead atoms. The van der Waals surface area contributed by atoms with Crippen molar-refractivity contribution in [1.82, 2.24) is 4.98 Å². The fraction of sp³-hybridized carbons (Fsp3) is 0.438. The summed E-state index contributed by atoms with van der Waals surface area (Å²) in [6.07, 6.45) is 0.201. The zero-order valence-electron chi connectivity index (χ0n) is 12.7. The Bertz CT molecular complexity index is 578. The van der Waals surface area contributed by atoms with Gasteiger partial charge in [0, 0.05) is 10.6 Å². The number of nitrogens with zero attached hydrogens (tertiary/aromatic N) is 1. The molecule has 2 rings (SSSR count). The molecule has 4 heteroatoms. The van der Waals surface area contributed by atoms with Crippen LogP contribution in [0.3, 0.4) is 0 Å². The van der Waals surface area contributed by atoms with Crippen molar-refractivity contribution in [1.29, 1.82) is 0 Å². The van der Waals surface area contributed by atoms with Crippen LogP contribution >= 0.6 is 11.3 Å². The number of hydrogen-bond acceptors (Lipinski definition) is 4. The summed E-state index contributed by atoms with van der Waals surface area (Å²) in [6.45, 7) is 10.4. The standard InChI is InChI=1S/C16H22N2OS/c1-10(2)19-14-6-7-15(11(3)8-14)18-13(5)16-12(4)17-9-20-16/h6-10,13,18H,1-5H3. The molecule has 0 fully saturated rings. The van der Waals surface area contributed by atoms with Gasteiger partial charge in [-0.05, 0) is 58.4 Å². The van der Waals surface area contributed by atoms with Crippen LogP contribution in [-0.2, 0) is 0 Å². The molecule has 2 aromatic rings. The highest BCUT2D eigenvalue weighted by Crippen LogP contribution is 2.28. The van der Waals surface area contributed by atoms with Gasteiger partial charge in [-0.2, -0.15) is 0 Å². The van der Waals surface area contributed by atoms with Crippen LogP contribution in [0.2, 0.25) is 0 Å². The van der Waals surface area contributed by atoms with Crippen molar-refractivity contribution in [3.63, 3.8) is 0 Å². The average Bonchev–Trinajstić information content (AvgIpc) is 2.78. The first-order valence-corrected chi connectivity index (χ1v) is 7.79. The van der Waals surface area contributed by atoms with Gasteiger partial charge in [-0.15, -0.1) is 11.3 Å². The fourth-order valence-electron chi connectivity index (χ4n) is 2.17. The zero-order chi connectivity index (χ0) is 14.7. The van der Waals surface area contributed by atoms with Crippen LogP contribution in [0.5, 0.6) is 5.75 Å². The SMILES string of the molecule is Cc1cc(OC(C)C)ccc1NC(C)c1scnc1C. The summed E-state index contributed by atoms with van der Waals surface area (Å²) in [4.78, 5) is 5.59. The molecule has 3 nitrogen and oxygen atoms in total. The molecule has 1 unspecified atom stereocenters. The second kappa shape index (κ2) is 6.27. The number of nitrogens with one attached hydrogen (secondary N) is 1. The lowest BCUT2D eigenvalue weighted by molar-refractivity contribution is 0.242. The number of anilines is 1. The van der Waals surface area contributed by atoms with E-state index in [9.17, 15) is 0 Å². The van der Waals surface area contributed by atoms with E-state index in [0.717, 1.165) is 17.1 Å². The van der Waals surface area contributed by atoms with Gasteiger partial charge >= 0.3 is 0 Å². The van der Waals surface area contributed by atoms with E-state index >= 15 is 0 Å². The number of aryl methyl sites for hydroxylation is 2. The number of benzene rings is 1. The molecule has 0 aliphatic carbocycles. The van der Waals surface area contributed by atoms with Gasteiger partial charge in [-0.1, -0.05) is 0 Å². The first-order valence-electron chi connectivity index (χ1n) is 6.91. The van der Waals surface area contributed by atoms with Crippen molar-refractivity contribution in [3.8, 4) is 5.75 Å². The molecule has 1 aromatic carbocycles. The highest BCUT2D eigenvalue weighted by Gasteiger charge is 2.12. The van der Waals surface area contributed by atoms with Gasteiger partial charge in [-0.25, -0.2) is 4.98 Å². The molecule has 0 aliphatic heterocycles. The van der Waals surface area contributed by atoms with E-state index in [-0.39, 0.29) is 12.1 Å². The van der Waals surface area contributed by atoms with Crippen LogP contribution in [-0.4, -0.2) is 11.1 Å². The first kappa shape index (κ1) is 14.9. The lowest BCUT2D eigenvalue weighted by Gasteiger charge is -2.18. The maximum atomic E-state index is 5.71. The lowest BCUT2D eigenvalue weighted by atomic mass is 10.1. The second-order valence-corrected chi connectivity index (χ2v) is 6.20. The van der Waals surface area contributed by atoms with E-state index in [2.05, 4.69) is 43.2 Å². The Balaban J connectivity index is 2.12. The molecule has 0 radical (unpaired) electrons. The van der Waals surface area contributed by atoms with Crippen molar-refractivity contribution < 1.29 is 4.74 Å².